The Morgan fingerprint density at radius 1 is 1.38 bits per heavy atom. The second-order valence-corrected chi connectivity index (χ2v) is 6.09. The van der Waals surface area contributed by atoms with Crippen molar-refractivity contribution in [1.82, 2.24) is 10.2 Å². The normalized spacial score (nSPS) is 19.6. The van der Waals surface area contributed by atoms with Crippen molar-refractivity contribution in [3.8, 4) is 6.07 Å². The molecule has 1 heterocycles. The van der Waals surface area contributed by atoms with Crippen LogP contribution in [0.4, 0.5) is 0 Å². The summed E-state index contributed by atoms with van der Waals surface area (Å²) in [5.74, 6) is 0.704. The van der Waals surface area contributed by atoms with Gasteiger partial charge in [0.25, 0.3) is 0 Å². The molecule has 0 bridgehead atoms. The predicted molar refractivity (Wildman–Crippen MR) is 83.9 cm³/mol. The SMILES string of the molecule is CC(C)CN1CCOC(CNCc2ccc(C#N)cc2)C1. The van der Waals surface area contributed by atoms with Crippen molar-refractivity contribution in [2.75, 3.05) is 32.8 Å². The maximum atomic E-state index is 8.78. The molecule has 1 unspecified atom stereocenters. The Morgan fingerprint density at radius 3 is 2.81 bits per heavy atom. The van der Waals surface area contributed by atoms with Crippen LogP contribution in [-0.4, -0.2) is 43.8 Å². The van der Waals surface area contributed by atoms with Gasteiger partial charge in [-0.05, 0) is 23.6 Å². The Bertz CT molecular complexity index is 464. The van der Waals surface area contributed by atoms with Crippen molar-refractivity contribution in [2.45, 2.75) is 26.5 Å². The van der Waals surface area contributed by atoms with E-state index in [0.29, 0.717) is 11.5 Å². The van der Waals surface area contributed by atoms with Crippen molar-refractivity contribution in [2.24, 2.45) is 5.92 Å². The van der Waals surface area contributed by atoms with Crippen LogP contribution < -0.4 is 5.32 Å². The molecule has 114 valence electrons. The van der Waals surface area contributed by atoms with Crippen molar-refractivity contribution in [3.05, 3.63) is 35.4 Å². The molecule has 1 N–H and O–H groups in total. The minimum atomic E-state index is 0.274. The fraction of sp³-hybridized carbons (Fsp3) is 0.588. The predicted octanol–water partition coefficient (Wildman–Crippen LogP) is 2.00. The number of hydrogen-bond donors (Lipinski definition) is 1. The van der Waals surface area contributed by atoms with Gasteiger partial charge in [0.05, 0.1) is 24.3 Å². The molecule has 0 aliphatic carbocycles. The van der Waals surface area contributed by atoms with E-state index in [0.717, 1.165) is 39.3 Å². The highest BCUT2D eigenvalue weighted by molar-refractivity contribution is 5.31. The first kappa shape index (κ1) is 16.0. The minimum Gasteiger partial charge on any atom is -0.374 e. The van der Waals surface area contributed by atoms with Crippen LogP contribution >= 0.6 is 0 Å². The van der Waals surface area contributed by atoms with E-state index in [-0.39, 0.29) is 6.10 Å². The molecule has 1 aliphatic rings. The zero-order chi connectivity index (χ0) is 15.1. The molecule has 0 aromatic heterocycles. The van der Waals surface area contributed by atoms with Gasteiger partial charge in [-0.15, -0.1) is 0 Å². The van der Waals surface area contributed by atoms with E-state index in [1.807, 2.05) is 24.3 Å². The number of ether oxygens (including phenoxy) is 1. The number of rotatable bonds is 6. The van der Waals surface area contributed by atoms with Gasteiger partial charge in [-0.2, -0.15) is 5.26 Å². The number of nitrogens with one attached hydrogen (secondary N) is 1. The molecule has 1 aromatic rings. The van der Waals surface area contributed by atoms with Crippen LogP contribution in [0.15, 0.2) is 24.3 Å². The van der Waals surface area contributed by atoms with E-state index < -0.39 is 0 Å². The molecule has 0 saturated carbocycles. The summed E-state index contributed by atoms with van der Waals surface area (Å²) in [5, 5.41) is 12.2. The Morgan fingerprint density at radius 2 is 2.14 bits per heavy atom. The standard InChI is InChI=1S/C17H25N3O/c1-14(2)12-20-7-8-21-17(13-20)11-19-10-16-5-3-15(9-18)4-6-16/h3-6,14,17,19H,7-8,10-13H2,1-2H3. The lowest BCUT2D eigenvalue weighted by Gasteiger charge is -2.34. The van der Waals surface area contributed by atoms with Gasteiger partial charge in [0.2, 0.25) is 0 Å². The number of benzene rings is 1. The zero-order valence-corrected chi connectivity index (χ0v) is 13.0. The first-order valence-electron chi connectivity index (χ1n) is 7.71. The van der Waals surface area contributed by atoms with Gasteiger partial charge in [0.15, 0.2) is 0 Å². The van der Waals surface area contributed by atoms with E-state index in [4.69, 9.17) is 10.00 Å². The van der Waals surface area contributed by atoms with Crippen LogP contribution in [0.5, 0.6) is 0 Å². The Labute approximate surface area is 127 Å². The van der Waals surface area contributed by atoms with Gasteiger partial charge in [-0.1, -0.05) is 26.0 Å². The number of hydrogen-bond acceptors (Lipinski definition) is 4. The molecule has 1 aliphatic heterocycles. The molecular formula is C17H25N3O. The summed E-state index contributed by atoms with van der Waals surface area (Å²) < 4.78 is 5.82. The Kier molecular flexibility index (Phi) is 6.19. The summed E-state index contributed by atoms with van der Waals surface area (Å²) in [4.78, 5) is 2.49. The number of nitrogens with zero attached hydrogens (tertiary/aromatic N) is 2. The van der Waals surface area contributed by atoms with Crippen LogP contribution in [-0.2, 0) is 11.3 Å². The maximum absolute atomic E-state index is 8.78. The summed E-state index contributed by atoms with van der Waals surface area (Å²) in [7, 11) is 0. The lowest BCUT2D eigenvalue weighted by Crippen LogP contribution is -2.47. The average molecular weight is 287 g/mol. The van der Waals surface area contributed by atoms with Gasteiger partial charge < -0.3 is 10.1 Å². The average Bonchev–Trinajstić information content (AvgIpc) is 2.48. The molecule has 1 atom stereocenters. The lowest BCUT2D eigenvalue weighted by molar-refractivity contribution is -0.0303. The van der Waals surface area contributed by atoms with Crippen molar-refractivity contribution >= 4 is 0 Å². The van der Waals surface area contributed by atoms with Crippen LogP contribution in [0.25, 0.3) is 0 Å². The van der Waals surface area contributed by atoms with Gasteiger partial charge in [0.1, 0.15) is 0 Å². The highest BCUT2D eigenvalue weighted by Gasteiger charge is 2.20. The molecule has 4 nitrogen and oxygen atoms in total. The summed E-state index contributed by atoms with van der Waals surface area (Å²) in [6.45, 7) is 10.2. The molecule has 0 spiro atoms. The molecular weight excluding hydrogens is 262 g/mol. The van der Waals surface area contributed by atoms with Crippen LogP contribution in [0.1, 0.15) is 25.0 Å². The highest BCUT2D eigenvalue weighted by atomic mass is 16.5. The van der Waals surface area contributed by atoms with Crippen molar-refractivity contribution in [1.29, 1.82) is 5.26 Å². The quantitative estimate of drug-likeness (QED) is 0.869. The molecule has 0 amide bonds. The van der Waals surface area contributed by atoms with Crippen molar-refractivity contribution < 1.29 is 4.74 Å². The number of nitriles is 1. The smallest absolute Gasteiger partial charge is 0.0991 e. The monoisotopic (exact) mass is 287 g/mol. The van der Waals surface area contributed by atoms with E-state index in [2.05, 4.69) is 30.1 Å². The summed E-state index contributed by atoms with van der Waals surface area (Å²) in [6, 6.07) is 9.85. The molecule has 0 radical (unpaired) electrons. The van der Waals surface area contributed by atoms with Gasteiger partial charge in [-0.3, -0.25) is 4.90 Å². The zero-order valence-electron chi connectivity index (χ0n) is 13.0. The van der Waals surface area contributed by atoms with E-state index >= 15 is 0 Å². The Balaban J connectivity index is 1.71. The van der Waals surface area contributed by atoms with Crippen LogP contribution in [0.3, 0.4) is 0 Å². The van der Waals surface area contributed by atoms with Gasteiger partial charge in [-0.25, -0.2) is 0 Å². The number of morpholine rings is 1. The maximum Gasteiger partial charge on any atom is 0.0991 e. The third-order valence-corrected chi connectivity index (χ3v) is 3.63. The van der Waals surface area contributed by atoms with Gasteiger partial charge in [0, 0.05) is 32.7 Å². The minimum absolute atomic E-state index is 0.274. The van der Waals surface area contributed by atoms with Crippen molar-refractivity contribution in [3.63, 3.8) is 0 Å². The van der Waals surface area contributed by atoms with Crippen LogP contribution in [0.2, 0.25) is 0 Å². The molecule has 1 saturated heterocycles. The largest absolute Gasteiger partial charge is 0.374 e. The molecule has 21 heavy (non-hydrogen) atoms. The van der Waals surface area contributed by atoms with E-state index in [1.165, 1.54) is 5.56 Å². The molecule has 1 aromatic carbocycles. The van der Waals surface area contributed by atoms with E-state index in [9.17, 15) is 0 Å². The summed E-state index contributed by atoms with van der Waals surface area (Å²) in [6.07, 6.45) is 0.274. The fourth-order valence-electron chi connectivity index (χ4n) is 2.66. The second-order valence-electron chi connectivity index (χ2n) is 6.09. The Hall–Kier alpha value is -1.41. The lowest BCUT2D eigenvalue weighted by atomic mass is 10.1. The topological polar surface area (TPSA) is 48.3 Å². The third-order valence-electron chi connectivity index (χ3n) is 3.63. The third kappa shape index (κ3) is 5.47. The first-order valence-corrected chi connectivity index (χ1v) is 7.71. The second kappa shape index (κ2) is 8.14. The van der Waals surface area contributed by atoms with E-state index in [1.54, 1.807) is 0 Å². The van der Waals surface area contributed by atoms with Crippen LogP contribution in [0, 0.1) is 17.2 Å². The first-order chi connectivity index (χ1) is 10.2. The molecule has 4 heteroatoms. The summed E-state index contributed by atoms with van der Waals surface area (Å²) in [5.41, 5.74) is 1.91. The summed E-state index contributed by atoms with van der Waals surface area (Å²) >= 11 is 0. The highest BCUT2D eigenvalue weighted by Crippen LogP contribution is 2.08. The van der Waals surface area contributed by atoms with Gasteiger partial charge >= 0.3 is 0 Å². The molecule has 1 fully saturated rings. The molecule has 2 rings (SSSR count). The fourth-order valence-corrected chi connectivity index (χ4v) is 2.66.